The van der Waals surface area contributed by atoms with Gasteiger partial charge in [0.2, 0.25) is 0 Å². The lowest BCUT2D eigenvalue weighted by Crippen LogP contribution is -2.20. The molecule has 2 rings (SSSR count). The summed E-state index contributed by atoms with van der Waals surface area (Å²) in [6, 6.07) is 17.5. The van der Waals surface area contributed by atoms with Crippen LogP contribution in [0.3, 0.4) is 0 Å². The van der Waals surface area contributed by atoms with Crippen LogP contribution >= 0.6 is 0 Å². The normalized spacial score (nSPS) is 9.78. The molecule has 7 heteroatoms. The van der Waals surface area contributed by atoms with Gasteiger partial charge < -0.3 is 19.7 Å². The lowest BCUT2D eigenvalue weighted by molar-refractivity contribution is -0.144. The molecule has 0 aliphatic carbocycles. The van der Waals surface area contributed by atoms with Gasteiger partial charge in [0.15, 0.2) is 0 Å². The van der Waals surface area contributed by atoms with Crippen molar-refractivity contribution in [2.45, 2.75) is 6.42 Å². The summed E-state index contributed by atoms with van der Waals surface area (Å²) in [5.41, 5.74) is 1.16. The van der Waals surface area contributed by atoms with Gasteiger partial charge in [-0.1, -0.05) is 60.7 Å². The van der Waals surface area contributed by atoms with Crippen LogP contribution in [0.2, 0.25) is 0 Å². The molecule has 0 bridgehead atoms. The van der Waals surface area contributed by atoms with E-state index in [-0.39, 0.29) is 49.9 Å². The van der Waals surface area contributed by atoms with Crippen LogP contribution < -0.4 is 0 Å². The van der Waals surface area contributed by atoms with Crippen molar-refractivity contribution in [3.63, 3.8) is 0 Å². The van der Waals surface area contributed by atoms with E-state index in [1.54, 1.807) is 30.3 Å². The topological polar surface area (TPSA) is 110 Å². The van der Waals surface area contributed by atoms with E-state index in [9.17, 15) is 14.4 Å². The third-order valence-corrected chi connectivity index (χ3v) is 3.36. The second kappa shape index (κ2) is 12.3. The highest BCUT2D eigenvalue weighted by Crippen LogP contribution is 2.02. The highest BCUT2D eigenvalue weighted by Gasteiger charge is 2.17. The van der Waals surface area contributed by atoms with Crippen molar-refractivity contribution in [1.29, 1.82) is 0 Å². The van der Waals surface area contributed by atoms with Crippen molar-refractivity contribution in [3.8, 4) is 0 Å². The summed E-state index contributed by atoms with van der Waals surface area (Å²) in [5.74, 6) is -1.95. The Bertz CT molecular complexity index is 714. The summed E-state index contributed by atoms with van der Waals surface area (Å²) in [7, 11) is 0. The molecule has 0 saturated heterocycles. The van der Waals surface area contributed by atoms with Gasteiger partial charge in [0.05, 0.1) is 19.6 Å². The van der Waals surface area contributed by atoms with Crippen LogP contribution in [0.5, 0.6) is 0 Å². The average Bonchev–Trinajstić information content (AvgIpc) is 2.68. The van der Waals surface area contributed by atoms with E-state index in [0.29, 0.717) is 0 Å². The molecule has 0 amide bonds. The van der Waals surface area contributed by atoms with Crippen LogP contribution in [-0.4, -0.2) is 49.6 Å². The number of carbonyl (C=O) groups excluding carboxylic acids is 3. The SMILES string of the molecule is O.O=C(Cc1ccccc1)OCCOCCOC(=O)C(=O)c1ccccc1. The maximum absolute atomic E-state index is 11.8. The third kappa shape index (κ3) is 8.26. The standard InChI is InChI=1S/C20H20O6.H2O/c21-18(15-16-7-3-1-4-8-16)25-13-11-24-12-14-26-20(23)19(22)17-9-5-2-6-10-17;/h1-10H,11-15H2;1H2. The molecule has 0 radical (unpaired) electrons. The zero-order chi connectivity index (χ0) is 18.6. The number of ketones is 1. The summed E-state index contributed by atoms with van der Waals surface area (Å²) in [4.78, 5) is 35.0. The largest absolute Gasteiger partial charge is 0.463 e. The molecule has 0 aromatic heterocycles. The number of Topliss-reactive ketones (excluding diaryl/α,β-unsaturated/α-hetero) is 1. The predicted octanol–water partition coefficient (Wildman–Crippen LogP) is 1.39. The molecule has 7 nitrogen and oxygen atoms in total. The van der Waals surface area contributed by atoms with Gasteiger partial charge in [-0.25, -0.2) is 4.79 Å². The van der Waals surface area contributed by atoms with Crippen LogP contribution in [0, 0.1) is 0 Å². The number of carbonyl (C=O) groups is 3. The summed E-state index contributed by atoms with van der Waals surface area (Å²) >= 11 is 0. The molecule has 0 aliphatic rings. The second-order valence-electron chi connectivity index (χ2n) is 5.33. The number of esters is 2. The highest BCUT2D eigenvalue weighted by molar-refractivity contribution is 6.40. The molecular formula is C20H22O7. The molecule has 2 N–H and O–H groups in total. The van der Waals surface area contributed by atoms with Crippen LogP contribution in [0.25, 0.3) is 0 Å². The van der Waals surface area contributed by atoms with Crippen LogP contribution in [0.15, 0.2) is 60.7 Å². The van der Waals surface area contributed by atoms with Crippen LogP contribution in [0.4, 0.5) is 0 Å². The second-order valence-corrected chi connectivity index (χ2v) is 5.33. The summed E-state index contributed by atoms with van der Waals surface area (Å²) in [5, 5.41) is 0. The Labute approximate surface area is 157 Å². The Kier molecular flexibility index (Phi) is 10.1. The minimum absolute atomic E-state index is 0. The molecule has 0 fully saturated rings. The van der Waals surface area contributed by atoms with E-state index in [0.717, 1.165) is 5.56 Å². The minimum atomic E-state index is -0.922. The smallest absolute Gasteiger partial charge is 0.379 e. The number of hydrogen-bond acceptors (Lipinski definition) is 6. The molecule has 2 aromatic rings. The van der Waals surface area contributed by atoms with E-state index < -0.39 is 11.8 Å². The van der Waals surface area contributed by atoms with Crippen molar-refractivity contribution in [3.05, 3.63) is 71.8 Å². The van der Waals surface area contributed by atoms with Crippen LogP contribution in [0.1, 0.15) is 15.9 Å². The molecule has 27 heavy (non-hydrogen) atoms. The van der Waals surface area contributed by atoms with E-state index in [1.165, 1.54) is 0 Å². The molecular weight excluding hydrogens is 352 g/mol. The van der Waals surface area contributed by atoms with Gasteiger partial charge in [-0.15, -0.1) is 0 Å². The monoisotopic (exact) mass is 374 g/mol. The van der Waals surface area contributed by atoms with E-state index in [2.05, 4.69) is 0 Å². The molecule has 0 atom stereocenters. The third-order valence-electron chi connectivity index (χ3n) is 3.36. The van der Waals surface area contributed by atoms with Crippen molar-refractivity contribution in [1.82, 2.24) is 0 Å². The van der Waals surface area contributed by atoms with Crippen molar-refractivity contribution < 1.29 is 34.1 Å². The van der Waals surface area contributed by atoms with E-state index in [1.807, 2.05) is 30.3 Å². The summed E-state index contributed by atoms with van der Waals surface area (Å²) in [6.07, 6.45) is 0.208. The fraction of sp³-hybridized carbons (Fsp3) is 0.250. The van der Waals surface area contributed by atoms with Gasteiger partial charge >= 0.3 is 11.9 Å². The lowest BCUT2D eigenvalue weighted by atomic mass is 10.1. The van der Waals surface area contributed by atoms with E-state index >= 15 is 0 Å². The van der Waals surface area contributed by atoms with Crippen molar-refractivity contribution in [2.75, 3.05) is 26.4 Å². The summed E-state index contributed by atoms with van der Waals surface area (Å²) in [6.45, 7) is 0.368. The molecule has 144 valence electrons. The van der Waals surface area contributed by atoms with Gasteiger partial charge in [-0.3, -0.25) is 9.59 Å². The van der Waals surface area contributed by atoms with Gasteiger partial charge in [0, 0.05) is 5.56 Å². The quantitative estimate of drug-likeness (QED) is 0.269. The van der Waals surface area contributed by atoms with Gasteiger partial charge in [0.1, 0.15) is 13.2 Å². The summed E-state index contributed by atoms with van der Waals surface area (Å²) < 4.78 is 15.1. The number of benzene rings is 2. The van der Waals surface area contributed by atoms with E-state index in [4.69, 9.17) is 14.2 Å². The zero-order valence-electron chi connectivity index (χ0n) is 14.8. The van der Waals surface area contributed by atoms with Gasteiger partial charge in [-0.2, -0.15) is 0 Å². The Morgan fingerprint density at radius 3 is 1.89 bits per heavy atom. The number of hydrogen-bond donors (Lipinski definition) is 0. The molecule has 2 aromatic carbocycles. The Morgan fingerprint density at radius 2 is 1.26 bits per heavy atom. The van der Waals surface area contributed by atoms with Crippen LogP contribution in [-0.2, 0) is 30.2 Å². The molecule has 0 heterocycles. The van der Waals surface area contributed by atoms with Gasteiger partial charge in [0.25, 0.3) is 5.78 Å². The lowest BCUT2D eigenvalue weighted by Gasteiger charge is -2.07. The molecule has 0 saturated carbocycles. The fourth-order valence-electron chi connectivity index (χ4n) is 2.10. The first-order valence-electron chi connectivity index (χ1n) is 8.20. The Balaban J connectivity index is 0.00000364. The Hall–Kier alpha value is -3.03. The van der Waals surface area contributed by atoms with Gasteiger partial charge in [-0.05, 0) is 5.56 Å². The van der Waals surface area contributed by atoms with Crippen molar-refractivity contribution in [2.24, 2.45) is 0 Å². The zero-order valence-corrected chi connectivity index (χ0v) is 14.8. The predicted molar refractivity (Wildman–Crippen MR) is 97.3 cm³/mol. The number of ether oxygens (including phenoxy) is 3. The highest BCUT2D eigenvalue weighted by atomic mass is 16.6. The molecule has 0 unspecified atom stereocenters. The first-order chi connectivity index (χ1) is 12.7. The maximum Gasteiger partial charge on any atom is 0.379 e. The Morgan fingerprint density at radius 1 is 0.704 bits per heavy atom. The molecule has 0 aliphatic heterocycles. The average molecular weight is 374 g/mol. The maximum atomic E-state index is 11.8. The number of rotatable bonds is 10. The van der Waals surface area contributed by atoms with Crippen molar-refractivity contribution >= 4 is 17.7 Å². The first-order valence-corrected chi connectivity index (χ1v) is 8.20. The first kappa shape index (κ1) is 22.0. The molecule has 0 spiro atoms. The fourth-order valence-corrected chi connectivity index (χ4v) is 2.10. The minimum Gasteiger partial charge on any atom is -0.463 e.